The van der Waals surface area contributed by atoms with Crippen LogP contribution in [0.5, 0.6) is 0 Å². The summed E-state index contributed by atoms with van der Waals surface area (Å²) in [4.78, 5) is 23.0. The molecule has 3 aromatic rings. The molecule has 3 rings (SSSR count). The fourth-order valence-corrected chi connectivity index (χ4v) is 2.93. The number of hydrogen-bond acceptors (Lipinski definition) is 7. The van der Waals surface area contributed by atoms with E-state index in [2.05, 4.69) is 9.97 Å². The van der Waals surface area contributed by atoms with Crippen LogP contribution in [0.15, 0.2) is 30.3 Å². The van der Waals surface area contributed by atoms with Crippen LogP contribution < -0.4 is 10.6 Å². The zero-order chi connectivity index (χ0) is 17.3. The molecule has 0 saturated carbocycles. The number of nitrogen functional groups attached to an aromatic ring is 1. The number of carbonyl (C=O) groups is 1. The molecular formula is C16H15FN4O2S. The lowest BCUT2D eigenvalue weighted by atomic mass is 10.1. The Balaban J connectivity index is 1.97. The molecule has 0 fully saturated rings. The van der Waals surface area contributed by atoms with E-state index < -0.39 is 11.8 Å². The molecule has 2 heterocycles. The molecule has 8 heteroatoms. The van der Waals surface area contributed by atoms with Crippen molar-refractivity contribution in [2.75, 3.05) is 24.3 Å². The molecule has 0 amide bonds. The molecule has 0 atom stereocenters. The number of nitrogens with zero attached hydrogens (tertiary/aromatic N) is 3. The molecule has 2 aromatic heterocycles. The topological polar surface area (TPSA) is 81.3 Å². The number of rotatable bonds is 4. The number of fused-ring (bicyclic) bond motifs is 1. The summed E-state index contributed by atoms with van der Waals surface area (Å²) < 4.78 is 18.7. The van der Waals surface area contributed by atoms with Crippen molar-refractivity contribution in [1.29, 1.82) is 0 Å². The van der Waals surface area contributed by atoms with Crippen molar-refractivity contribution >= 4 is 44.3 Å². The van der Waals surface area contributed by atoms with Crippen molar-refractivity contribution in [2.45, 2.75) is 6.92 Å². The van der Waals surface area contributed by atoms with Crippen LogP contribution in [0.2, 0.25) is 0 Å². The highest BCUT2D eigenvalue weighted by molar-refractivity contribution is 7.21. The maximum atomic E-state index is 13.9. The van der Waals surface area contributed by atoms with Crippen LogP contribution in [0.4, 0.5) is 21.0 Å². The summed E-state index contributed by atoms with van der Waals surface area (Å²) in [7, 11) is 1.78. The third-order valence-corrected chi connectivity index (χ3v) is 4.23. The van der Waals surface area contributed by atoms with Gasteiger partial charge in [0.15, 0.2) is 5.13 Å². The highest BCUT2D eigenvalue weighted by Gasteiger charge is 2.16. The Kier molecular flexibility index (Phi) is 4.30. The molecular weight excluding hydrogens is 331 g/mol. The number of hydrogen-bond donors (Lipinski definition) is 1. The van der Waals surface area contributed by atoms with E-state index in [1.54, 1.807) is 31.0 Å². The van der Waals surface area contributed by atoms with Crippen LogP contribution in [0.3, 0.4) is 0 Å². The van der Waals surface area contributed by atoms with Gasteiger partial charge in [-0.2, -0.15) is 0 Å². The van der Waals surface area contributed by atoms with Gasteiger partial charge >= 0.3 is 5.97 Å². The van der Waals surface area contributed by atoms with E-state index >= 15 is 0 Å². The van der Waals surface area contributed by atoms with E-state index in [9.17, 15) is 9.18 Å². The molecule has 0 aliphatic heterocycles. The highest BCUT2D eigenvalue weighted by Crippen LogP contribution is 2.28. The highest BCUT2D eigenvalue weighted by atomic mass is 32.1. The number of aromatic nitrogens is 2. The van der Waals surface area contributed by atoms with Gasteiger partial charge in [0.25, 0.3) is 0 Å². The van der Waals surface area contributed by atoms with Crippen LogP contribution in [0.1, 0.15) is 17.3 Å². The van der Waals surface area contributed by atoms with E-state index in [0.29, 0.717) is 21.5 Å². The Bertz CT molecular complexity index is 912. The average molecular weight is 346 g/mol. The normalized spacial score (nSPS) is 10.8. The number of thiazole rings is 1. The molecule has 24 heavy (non-hydrogen) atoms. The molecule has 0 spiro atoms. The number of benzene rings is 1. The van der Waals surface area contributed by atoms with Crippen molar-refractivity contribution in [3.05, 3.63) is 41.7 Å². The van der Waals surface area contributed by atoms with Crippen LogP contribution in [-0.2, 0) is 4.74 Å². The third-order valence-electron chi connectivity index (χ3n) is 3.43. The first-order valence-corrected chi connectivity index (χ1v) is 8.04. The molecule has 0 saturated heterocycles. The molecule has 1 aromatic carbocycles. The molecule has 6 nitrogen and oxygen atoms in total. The summed E-state index contributed by atoms with van der Waals surface area (Å²) in [5, 5.41) is 0.448. The lowest BCUT2D eigenvalue weighted by Crippen LogP contribution is -2.13. The second-order valence-corrected chi connectivity index (χ2v) is 6.00. The minimum atomic E-state index is -0.691. The first kappa shape index (κ1) is 16.1. The van der Waals surface area contributed by atoms with Crippen molar-refractivity contribution in [3.8, 4) is 0 Å². The van der Waals surface area contributed by atoms with Gasteiger partial charge in [-0.15, -0.1) is 0 Å². The smallest absolute Gasteiger partial charge is 0.341 e. The van der Waals surface area contributed by atoms with Gasteiger partial charge in [0.1, 0.15) is 22.0 Å². The molecule has 0 bridgehead atoms. The van der Waals surface area contributed by atoms with Gasteiger partial charge in [0, 0.05) is 12.7 Å². The summed E-state index contributed by atoms with van der Waals surface area (Å²) in [6, 6.07) is 7.86. The molecule has 0 aliphatic rings. The maximum absolute atomic E-state index is 13.9. The molecule has 124 valence electrons. The maximum Gasteiger partial charge on any atom is 0.341 e. The van der Waals surface area contributed by atoms with Gasteiger partial charge in [-0.05, 0) is 37.3 Å². The van der Waals surface area contributed by atoms with Crippen molar-refractivity contribution < 1.29 is 13.9 Å². The molecule has 0 unspecified atom stereocenters. The van der Waals surface area contributed by atoms with Gasteiger partial charge in [-0.1, -0.05) is 11.3 Å². The average Bonchev–Trinajstić information content (AvgIpc) is 2.94. The van der Waals surface area contributed by atoms with Gasteiger partial charge < -0.3 is 15.4 Å². The van der Waals surface area contributed by atoms with Crippen LogP contribution in [0, 0.1) is 5.82 Å². The van der Waals surface area contributed by atoms with Crippen molar-refractivity contribution in [2.24, 2.45) is 0 Å². The molecule has 0 aliphatic carbocycles. The van der Waals surface area contributed by atoms with E-state index in [0.717, 1.165) is 5.52 Å². The number of pyridine rings is 1. The Hall–Kier alpha value is -2.74. The van der Waals surface area contributed by atoms with Crippen molar-refractivity contribution in [3.63, 3.8) is 0 Å². The third kappa shape index (κ3) is 3.00. The van der Waals surface area contributed by atoms with Gasteiger partial charge in [0.2, 0.25) is 0 Å². The van der Waals surface area contributed by atoms with Gasteiger partial charge in [0.05, 0.1) is 12.2 Å². The van der Waals surface area contributed by atoms with E-state index in [4.69, 9.17) is 10.5 Å². The Labute approximate surface area is 141 Å². The number of carbonyl (C=O) groups excluding carboxylic acids is 1. The first-order valence-electron chi connectivity index (χ1n) is 7.23. The second-order valence-electron chi connectivity index (χ2n) is 4.99. The second kappa shape index (κ2) is 6.40. The minimum absolute atomic E-state index is 0.107. The lowest BCUT2D eigenvalue weighted by molar-refractivity contribution is 0.0521. The number of esters is 1. The van der Waals surface area contributed by atoms with E-state index in [1.807, 2.05) is 6.07 Å². The quantitative estimate of drug-likeness (QED) is 0.730. The SMILES string of the molecule is CCOC(=O)c1cc(N(C)c2ccc3nc(N)sc3n2)ccc1F. The fourth-order valence-electron chi connectivity index (χ4n) is 2.23. The summed E-state index contributed by atoms with van der Waals surface area (Å²) in [5.74, 6) is -0.680. The molecule has 2 N–H and O–H groups in total. The van der Waals surface area contributed by atoms with E-state index in [1.165, 1.54) is 23.5 Å². The monoisotopic (exact) mass is 346 g/mol. The zero-order valence-electron chi connectivity index (χ0n) is 13.1. The van der Waals surface area contributed by atoms with Crippen LogP contribution >= 0.6 is 11.3 Å². The van der Waals surface area contributed by atoms with Crippen LogP contribution in [-0.4, -0.2) is 29.6 Å². The van der Waals surface area contributed by atoms with Gasteiger partial charge in [-0.3, -0.25) is 0 Å². The number of halogens is 1. The Morgan fingerprint density at radius 3 is 2.88 bits per heavy atom. The first-order chi connectivity index (χ1) is 11.5. The number of ether oxygens (including phenoxy) is 1. The summed E-state index contributed by atoms with van der Waals surface area (Å²) in [5.41, 5.74) is 6.92. The largest absolute Gasteiger partial charge is 0.462 e. The molecule has 0 radical (unpaired) electrons. The minimum Gasteiger partial charge on any atom is -0.462 e. The van der Waals surface area contributed by atoms with Gasteiger partial charge in [-0.25, -0.2) is 19.2 Å². The van der Waals surface area contributed by atoms with E-state index in [-0.39, 0.29) is 12.2 Å². The predicted molar refractivity (Wildman–Crippen MR) is 92.2 cm³/mol. The Morgan fingerprint density at radius 2 is 2.12 bits per heavy atom. The standard InChI is InChI=1S/C16H15FN4O2S/c1-3-23-15(22)10-8-9(4-5-11(10)17)21(2)13-7-6-12-14(20-13)24-16(18)19-12/h4-8H,3H2,1-2H3,(H2,18,19). The fraction of sp³-hybridized carbons (Fsp3) is 0.188. The predicted octanol–water partition coefficient (Wildman–Crippen LogP) is 3.36. The number of nitrogens with two attached hydrogens (primary N) is 1. The van der Waals surface area contributed by atoms with Crippen molar-refractivity contribution in [1.82, 2.24) is 9.97 Å². The number of anilines is 3. The summed E-state index contributed by atoms with van der Waals surface area (Å²) in [6.45, 7) is 1.86. The summed E-state index contributed by atoms with van der Waals surface area (Å²) in [6.07, 6.45) is 0. The lowest BCUT2D eigenvalue weighted by Gasteiger charge is -2.19. The van der Waals surface area contributed by atoms with Crippen LogP contribution in [0.25, 0.3) is 10.3 Å². The zero-order valence-corrected chi connectivity index (χ0v) is 13.9. The Morgan fingerprint density at radius 1 is 1.33 bits per heavy atom. The summed E-state index contributed by atoms with van der Waals surface area (Å²) >= 11 is 1.29.